The number of amidine groups is 1. The lowest BCUT2D eigenvalue weighted by atomic mass is 10.1. The minimum Gasteiger partial charge on any atom is -0.436 e. The van der Waals surface area contributed by atoms with E-state index in [9.17, 15) is 20.2 Å². The molecule has 0 radical (unpaired) electrons. The van der Waals surface area contributed by atoms with E-state index in [1.807, 2.05) is 6.07 Å². The largest absolute Gasteiger partial charge is 0.436 e. The van der Waals surface area contributed by atoms with Crippen molar-refractivity contribution in [3.63, 3.8) is 0 Å². The van der Waals surface area contributed by atoms with E-state index in [0.717, 1.165) is 5.56 Å². The Bertz CT molecular complexity index is 1080. The number of ether oxygens (including phenoxy) is 1. The number of aromatic nitrogens is 2. The molecule has 0 aliphatic carbocycles. The van der Waals surface area contributed by atoms with Gasteiger partial charge in [-0.3, -0.25) is 15.2 Å². The number of aromatic amines is 1. The van der Waals surface area contributed by atoms with E-state index in [1.165, 1.54) is 12.1 Å². The average molecular weight is 445 g/mol. The van der Waals surface area contributed by atoms with Gasteiger partial charge in [-0.05, 0) is 35.5 Å². The molecule has 0 saturated carbocycles. The van der Waals surface area contributed by atoms with Gasteiger partial charge in [0.05, 0.1) is 16.4 Å². The van der Waals surface area contributed by atoms with Crippen LogP contribution in [-0.2, 0) is 6.42 Å². The summed E-state index contributed by atoms with van der Waals surface area (Å²) in [5.41, 5.74) is 3.34. The van der Waals surface area contributed by atoms with Gasteiger partial charge in [-0.2, -0.15) is 5.43 Å². The second kappa shape index (κ2) is 10.2. The maximum absolute atomic E-state index is 11.3. The molecule has 0 aliphatic rings. The fraction of sp³-hybridized carbons (Fsp3) is 0.158. The number of nitrogens with zero attached hydrogens (tertiary/aromatic N) is 4. The molecule has 160 valence electrons. The van der Waals surface area contributed by atoms with Crippen LogP contribution < -0.4 is 10.2 Å². The zero-order valence-corrected chi connectivity index (χ0v) is 16.8. The average Bonchev–Trinajstić information content (AvgIpc) is 3.10. The Morgan fingerprint density at radius 1 is 1.13 bits per heavy atom. The Morgan fingerprint density at radius 2 is 1.84 bits per heavy atom. The molecule has 0 aliphatic heterocycles. The van der Waals surface area contributed by atoms with Gasteiger partial charge in [0.15, 0.2) is 5.82 Å². The number of halogens is 1. The molecule has 3 rings (SSSR count). The zero-order valence-electron chi connectivity index (χ0n) is 16.0. The smallest absolute Gasteiger partial charge is 0.363 e. The summed E-state index contributed by atoms with van der Waals surface area (Å²) in [7, 11) is 0. The van der Waals surface area contributed by atoms with E-state index in [2.05, 4.69) is 20.7 Å². The SMILES string of the molecule is O=[N+]([O-])/C(CCCc1ccc([N+](=O)[O-])cc1)=N/Nc1[nH]nc(Oc2ccccc2)c1Cl. The van der Waals surface area contributed by atoms with Crippen molar-refractivity contribution in [2.75, 3.05) is 5.43 Å². The van der Waals surface area contributed by atoms with Gasteiger partial charge >= 0.3 is 5.84 Å². The van der Waals surface area contributed by atoms with Gasteiger partial charge in [0.2, 0.25) is 0 Å². The zero-order chi connectivity index (χ0) is 22.2. The number of hydrazone groups is 1. The summed E-state index contributed by atoms with van der Waals surface area (Å²) >= 11 is 6.19. The van der Waals surface area contributed by atoms with Gasteiger partial charge in [-0.1, -0.05) is 41.9 Å². The molecule has 2 aromatic carbocycles. The number of para-hydroxylation sites is 1. The van der Waals surface area contributed by atoms with Crippen molar-refractivity contribution < 1.29 is 14.6 Å². The molecule has 0 bridgehead atoms. The first-order valence-electron chi connectivity index (χ1n) is 9.11. The normalized spacial score (nSPS) is 11.2. The standard InChI is InChI=1S/C19H17ClN6O5/c20-17-18(23-24-19(17)31-15-6-2-1-3-7-15)22-21-16(26(29)30)8-4-5-13-9-11-14(12-10-13)25(27)28/h1-3,6-7,9-12H,4-5,8H2,(H2,22,23,24)/b21-16+. The molecule has 0 saturated heterocycles. The van der Waals surface area contributed by atoms with E-state index in [-0.39, 0.29) is 34.7 Å². The number of hydrogen-bond donors (Lipinski definition) is 2. The van der Waals surface area contributed by atoms with Gasteiger partial charge in [-0.15, -0.1) is 5.10 Å². The second-order valence-corrected chi connectivity index (χ2v) is 6.68. The van der Waals surface area contributed by atoms with Gasteiger partial charge < -0.3 is 14.9 Å². The Hall–Kier alpha value is -3.99. The molecule has 0 fully saturated rings. The Balaban J connectivity index is 1.58. The molecule has 1 heterocycles. The molecule has 0 amide bonds. The van der Waals surface area contributed by atoms with Gasteiger partial charge in [0.25, 0.3) is 11.6 Å². The number of H-pyrrole nitrogens is 1. The van der Waals surface area contributed by atoms with Gasteiger partial charge in [-0.25, -0.2) is 0 Å². The van der Waals surface area contributed by atoms with Crippen LogP contribution >= 0.6 is 11.6 Å². The van der Waals surface area contributed by atoms with Crippen LogP contribution in [0, 0.1) is 20.2 Å². The summed E-state index contributed by atoms with van der Waals surface area (Å²) in [5, 5.41) is 32.4. The summed E-state index contributed by atoms with van der Waals surface area (Å²) in [6.45, 7) is 0. The Morgan fingerprint density at radius 3 is 2.48 bits per heavy atom. The maximum atomic E-state index is 11.3. The van der Waals surface area contributed by atoms with Gasteiger partial charge in [0.1, 0.15) is 10.8 Å². The van der Waals surface area contributed by atoms with Crippen LogP contribution in [0.5, 0.6) is 11.6 Å². The Labute approximate surface area is 181 Å². The van der Waals surface area contributed by atoms with Crippen LogP contribution in [0.2, 0.25) is 5.02 Å². The van der Waals surface area contributed by atoms with Crippen molar-refractivity contribution in [1.29, 1.82) is 0 Å². The highest BCUT2D eigenvalue weighted by molar-refractivity contribution is 6.34. The molecule has 1 aromatic heterocycles. The third kappa shape index (κ3) is 6.00. The van der Waals surface area contributed by atoms with E-state index >= 15 is 0 Å². The number of hydrogen-bond acceptors (Lipinski definition) is 8. The van der Waals surface area contributed by atoms with Crippen LogP contribution in [0.4, 0.5) is 11.5 Å². The van der Waals surface area contributed by atoms with Crippen LogP contribution in [0.1, 0.15) is 18.4 Å². The molecule has 11 nitrogen and oxygen atoms in total. The summed E-state index contributed by atoms with van der Waals surface area (Å²) in [6, 6.07) is 14.9. The van der Waals surface area contributed by atoms with E-state index in [0.29, 0.717) is 18.6 Å². The highest BCUT2D eigenvalue weighted by atomic mass is 35.5. The van der Waals surface area contributed by atoms with Crippen LogP contribution in [-0.4, -0.2) is 25.9 Å². The first-order chi connectivity index (χ1) is 14.9. The summed E-state index contributed by atoms with van der Waals surface area (Å²) in [5.74, 6) is 0.495. The first-order valence-corrected chi connectivity index (χ1v) is 9.49. The third-order valence-corrected chi connectivity index (χ3v) is 4.51. The van der Waals surface area contributed by atoms with Crippen molar-refractivity contribution in [2.45, 2.75) is 19.3 Å². The summed E-state index contributed by atoms with van der Waals surface area (Å²) in [4.78, 5) is 20.9. The molecule has 2 N–H and O–H groups in total. The molecule has 12 heteroatoms. The number of benzene rings is 2. The monoisotopic (exact) mass is 444 g/mol. The molecular formula is C19H17ClN6O5. The van der Waals surface area contributed by atoms with E-state index in [4.69, 9.17) is 16.3 Å². The predicted molar refractivity (Wildman–Crippen MR) is 114 cm³/mol. The molecule has 0 atom stereocenters. The molecule has 3 aromatic rings. The van der Waals surface area contributed by atoms with Gasteiger partial charge in [0, 0.05) is 12.1 Å². The second-order valence-electron chi connectivity index (χ2n) is 6.31. The highest BCUT2D eigenvalue weighted by Crippen LogP contribution is 2.32. The van der Waals surface area contributed by atoms with Crippen molar-refractivity contribution in [2.24, 2.45) is 5.10 Å². The number of rotatable bonds is 9. The summed E-state index contributed by atoms with van der Waals surface area (Å²) < 4.78 is 5.54. The Kier molecular flexibility index (Phi) is 7.12. The molecular weight excluding hydrogens is 428 g/mol. The van der Waals surface area contributed by atoms with E-state index in [1.54, 1.807) is 36.4 Å². The van der Waals surface area contributed by atoms with Crippen molar-refractivity contribution in [1.82, 2.24) is 10.2 Å². The minimum absolute atomic E-state index is 0.00691. The molecule has 31 heavy (non-hydrogen) atoms. The fourth-order valence-electron chi connectivity index (χ4n) is 2.60. The van der Waals surface area contributed by atoms with Crippen LogP contribution in [0.25, 0.3) is 0 Å². The van der Waals surface area contributed by atoms with Crippen molar-refractivity contribution in [3.8, 4) is 11.6 Å². The minimum atomic E-state index is -0.589. The summed E-state index contributed by atoms with van der Waals surface area (Å²) in [6.07, 6.45) is 1.01. The number of nitro benzene ring substituents is 1. The lowest BCUT2D eigenvalue weighted by Gasteiger charge is -2.02. The lowest BCUT2D eigenvalue weighted by molar-refractivity contribution is -0.384. The first kappa shape index (κ1) is 21.7. The topological polar surface area (TPSA) is 149 Å². The predicted octanol–water partition coefficient (Wildman–Crippen LogP) is 4.79. The number of non-ortho nitro benzene ring substituents is 1. The molecule has 0 spiro atoms. The third-order valence-electron chi connectivity index (χ3n) is 4.15. The number of anilines is 1. The molecule has 0 unspecified atom stereocenters. The maximum Gasteiger partial charge on any atom is 0.363 e. The number of aryl methyl sites for hydroxylation is 1. The van der Waals surface area contributed by atoms with Crippen molar-refractivity contribution in [3.05, 3.63) is 85.4 Å². The number of nitrogens with one attached hydrogen (secondary N) is 2. The number of nitro groups is 2. The van der Waals surface area contributed by atoms with E-state index < -0.39 is 9.85 Å². The fourth-order valence-corrected chi connectivity index (χ4v) is 2.76. The van der Waals surface area contributed by atoms with Crippen LogP contribution in [0.15, 0.2) is 59.7 Å². The van der Waals surface area contributed by atoms with Crippen LogP contribution in [0.3, 0.4) is 0 Å². The lowest BCUT2D eigenvalue weighted by Crippen LogP contribution is -2.14. The van der Waals surface area contributed by atoms with Crippen molar-refractivity contribution >= 4 is 28.9 Å². The highest BCUT2D eigenvalue weighted by Gasteiger charge is 2.17. The quantitative estimate of drug-likeness (QED) is 0.208.